The molecule has 4 heteroatoms. The zero-order valence-electron chi connectivity index (χ0n) is 12.8. The molecule has 4 rings (SSSR count). The number of aromatic amines is 1. The number of benzene rings is 1. The highest BCUT2D eigenvalue weighted by molar-refractivity contribution is 5.99. The lowest BCUT2D eigenvalue weighted by atomic mass is 9.79. The first-order valence-corrected chi connectivity index (χ1v) is 8.03. The van der Waals surface area contributed by atoms with Crippen molar-refractivity contribution in [3.05, 3.63) is 41.6 Å². The van der Waals surface area contributed by atoms with Crippen LogP contribution in [-0.4, -0.2) is 34.9 Å². The molecule has 1 aromatic heterocycles. The van der Waals surface area contributed by atoms with Crippen LogP contribution in [0.4, 0.5) is 0 Å². The van der Waals surface area contributed by atoms with Crippen molar-refractivity contribution in [2.75, 3.05) is 13.1 Å². The number of carbonyl (C=O) groups is 1. The minimum atomic E-state index is -0.223. The molecule has 1 aromatic carbocycles. The fourth-order valence-electron chi connectivity index (χ4n) is 4.04. The molecule has 0 spiro atoms. The van der Waals surface area contributed by atoms with Crippen LogP contribution in [0.3, 0.4) is 0 Å². The van der Waals surface area contributed by atoms with Gasteiger partial charge in [0.15, 0.2) is 0 Å². The smallest absolute Gasteiger partial charge is 0.225 e. The molecular formula is C18H21N3O. The van der Waals surface area contributed by atoms with Crippen LogP contribution in [0.2, 0.25) is 0 Å². The first-order valence-electron chi connectivity index (χ1n) is 8.03. The van der Waals surface area contributed by atoms with Crippen LogP contribution in [-0.2, 0) is 11.2 Å². The molecule has 3 N–H and O–H groups in total. The Kier molecular flexibility index (Phi) is 3.08. The Morgan fingerprint density at radius 2 is 2.32 bits per heavy atom. The number of H-pyrrole nitrogens is 1. The van der Waals surface area contributed by atoms with Gasteiger partial charge in [-0.2, -0.15) is 0 Å². The van der Waals surface area contributed by atoms with Crippen molar-refractivity contribution in [3.63, 3.8) is 0 Å². The largest absolute Gasteiger partial charge is 0.369 e. The lowest BCUT2D eigenvalue weighted by Gasteiger charge is -2.41. The SMILES string of the molecule is CCCN1C[C@@H](C(N)=O)C=C2c3cccc4[nH]cc(c34)C[C@H]21. The maximum absolute atomic E-state index is 11.8. The molecule has 1 amide bonds. The Bertz CT molecular complexity index is 774. The van der Waals surface area contributed by atoms with E-state index in [0.29, 0.717) is 6.04 Å². The molecule has 2 aromatic rings. The predicted octanol–water partition coefficient (Wildman–Crippen LogP) is 2.30. The van der Waals surface area contributed by atoms with Gasteiger partial charge in [0.2, 0.25) is 5.91 Å². The molecule has 2 atom stereocenters. The minimum Gasteiger partial charge on any atom is -0.369 e. The second-order valence-electron chi connectivity index (χ2n) is 6.39. The summed E-state index contributed by atoms with van der Waals surface area (Å²) < 4.78 is 0. The first kappa shape index (κ1) is 13.6. The predicted molar refractivity (Wildman–Crippen MR) is 88.3 cm³/mol. The number of amides is 1. The number of hydrogen-bond acceptors (Lipinski definition) is 2. The summed E-state index contributed by atoms with van der Waals surface area (Å²) in [4.78, 5) is 17.6. The lowest BCUT2D eigenvalue weighted by Crippen LogP contribution is -2.48. The zero-order valence-corrected chi connectivity index (χ0v) is 12.8. The van der Waals surface area contributed by atoms with Crippen LogP contribution in [0.15, 0.2) is 30.5 Å². The molecule has 1 aliphatic heterocycles. The maximum Gasteiger partial charge on any atom is 0.225 e. The second-order valence-corrected chi connectivity index (χ2v) is 6.39. The molecule has 4 nitrogen and oxygen atoms in total. The molecule has 114 valence electrons. The quantitative estimate of drug-likeness (QED) is 0.912. The van der Waals surface area contributed by atoms with Crippen molar-refractivity contribution >= 4 is 22.4 Å². The van der Waals surface area contributed by atoms with Crippen LogP contribution < -0.4 is 5.73 Å². The summed E-state index contributed by atoms with van der Waals surface area (Å²) in [5.41, 5.74) is 10.7. The van der Waals surface area contributed by atoms with Gasteiger partial charge in [0.25, 0.3) is 0 Å². The van der Waals surface area contributed by atoms with E-state index >= 15 is 0 Å². The molecule has 2 aliphatic rings. The van der Waals surface area contributed by atoms with Gasteiger partial charge >= 0.3 is 0 Å². The Morgan fingerprint density at radius 1 is 1.45 bits per heavy atom. The van der Waals surface area contributed by atoms with Gasteiger partial charge in [0, 0.05) is 29.7 Å². The van der Waals surface area contributed by atoms with Crippen LogP contribution in [0.25, 0.3) is 16.5 Å². The lowest BCUT2D eigenvalue weighted by molar-refractivity contribution is -0.121. The summed E-state index contributed by atoms with van der Waals surface area (Å²) in [6.45, 7) is 3.93. The number of nitrogens with zero attached hydrogens (tertiary/aromatic N) is 1. The number of rotatable bonds is 3. The van der Waals surface area contributed by atoms with Crippen LogP contribution in [0, 0.1) is 5.92 Å². The van der Waals surface area contributed by atoms with E-state index in [9.17, 15) is 4.79 Å². The minimum absolute atomic E-state index is 0.187. The summed E-state index contributed by atoms with van der Waals surface area (Å²) in [5.74, 6) is -0.410. The monoisotopic (exact) mass is 295 g/mol. The van der Waals surface area contributed by atoms with Gasteiger partial charge in [-0.3, -0.25) is 9.69 Å². The molecule has 0 saturated heterocycles. The highest BCUT2D eigenvalue weighted by Gasteiger charge is 2.36. The molecule has 1 aliphatic carbocycles. The summed E-state index contributed by atoms with van der Waals surface area (Å²) in [6, 6.07) is 6.73. The van der Waals surface area contributed by atoms with Gasteiger partial charge in [-0.15, -0.1) is 0 Å². The number of carbonyl (C=O) groups excluding carboxylic acids is 1. The Labute approximate surface area is 130 Å². The molecule has 0 bridgehead atoms. The fourth-order valence-corrected chi connectivity index (χ4v) is 4.04. The van der Waals surface area contributed by atoms with E-state index < -0.39 is 0 Å². The van der Waals surface area contributed by atoms with Crippen molar-refractivity contribution in [2.24, 2.45) is 11.7 Å². The third-order valence-corrected chi connectivity index (χ3v) is 5.00. The van der Waals surface area contributed by atoms with E-state index in [1.807, 2.05) is 0 Å². The molecule has 0 radical (unpaired) electrons. The second kappa shape index (κ2) is 4.99. The molecule has 0 saturated carbocycles. The first-order chi connectivity index (χ1) is 10.7. The molecule has 0 fully saturated rings. The third-order valence-electron chi connectivity index (χ3n) is 5.00. The number of aromatic nitrogens is 1. The molecule has 0 unspecified atom stereocenters. The zero-order chi connectivity index (χ0) is 15.3. The summed E-state index contributed by atoms with van der Waals surface area (Å²) >= 11 is 0. The van der Waals surface area contributed by atoms with E-state index in [-0.39, 0.29) is 11.8 Å². The molecule has 22 heavy (non-hydrogen) atoms. The van der Waals surface area contributed by atoms with E-state index in [1.165, 1.54) is 27.6 Å². The number of primary amides is 1. The highest BCUT2D eigenvalue weighted by Crippen LogP contribution is 2.41. The van der Waals surface area contributed by atoms with Crippen molar-refractivity contribution in [2.45, 2.75) is 25.8 Å². The van der Waals surface area contributed by atoms with Crippen molar-refractivity contribution in [1.82, 2.24) is 9.88 Å². The van der Waals surface area contributed by atoms with Gasteiger partial charge < -0.3 is 10.7 Å². The average molecular weight is 295 g/mol. The normalized spacial score (nSPS) is 24.1. The van der Waals surface area contributed by atoms with Gasteiger partial charge in [-0.1, -0.05) is 25.1 Å². The standard InChI is InChI=1S/C18H21N3O/c1-2-6-21-10-12(18(19)22)7-14-13-4-3-5-15-17(13)11(9-20-15)8-16(14)21/h3-5,7,9,12,16,20H,2,6,8,10H2,1H3,(H2,19,22)/t12-,16+/m0/s1. The van der Waals surface area contributed by atoms with Crippen molar-refractivity contribution in [3.8, 4) is 0 Å². The average Bonchev–Trinajstić information content (AvgIpc) is 2.93. The van der Waals surface area contributed by atoms with Crippen LogP contribution in [0.5, 0.6) is 0 Å². The van der Waals surface area contributed by atoms with Gasteiger partial charge in [0.1, 0.15) is 0 Å². The third kappa shape index (κ3) is 1.91. The van der Waals surface area contributed by atoms with E-state index in [1.54, 1.807) is 0 Å². The van der Waals surface area contributed by atoms with E-state index in [0.717, 1.165) is 25.9 Å². The topological polar surface area (TPSA) is 62.1 Å². The van der Waals surface area contributed by atoms with E-state index in [4.69, 9.17) is 5.73 Å². The van der Waals surface area contributed by atoms with Gasteiger partial charge in [0.05, 0.1) is 5.92 Å². The Balaban J connectivity index is 1.89. The molecule has 2 heterocycles. The number of fused-ring (bicyclic) bond motifs is 2. The van der Waals surface area contributed by atoms with Crippen LogP contribution in [0.1, 0.15) is 24.5 Å². The number of hydrogen-bond donors (Lipinski definition) is 2. The van der Waals surface area contributed by atoms with Crippen LogP contribution >= 0.6 is 0 Å². The summed E-state index contributed by atoms with van der Waals surface area (Å²) in [5, 5.41) is 1.31. The molecular weight excluding hydrogens is 274 g/mol. The number of nitrogens with one attached hydrogen (secondary N) is 1. The van der Waals surface area contributed by atoms with Crippen molar-refractivity contribution in [1.29, 1.82) is 0 Å². The summed E-state index contributed by atoms with van der Waals surface area (Å²) in [7, 11) is 0. The summed E-state index contributed by atoms with van der Waals surface area (Å²) in [6.07, 6.45) is 6.34. The van der Waals surface area contributed by atoms with Gasteiger partial charge in [-0.05, 0) is 42.2 Å². The highest BCUT2D eigenvalue weighted by atomic mass is 16.1. The maximum atomic E-state index is 11.8. The Hall–Kier alpha value is -2.07. The fraction of sp³-hybridized carbons (Fsp3) is 0.389. The van der Waals surface area contributed by atoms with E-state index in [2.05, 4.69) is 47.3 Å². The Morgan fingerprint density at radius 3 is 3.09 bits per heavy atom. The number of nitrogens with two attached hydrogens (primary N) is 1. The van der Waals surface area contributed by atoms with Crippen molar-refractivity contribution < 1.29 is 4.79 Å². The van der Waals surface area contributed by atoms with Gasteiger partial charge in [-0.25, -0.2) is 0 Å².